The summed E-state index contributed by atoms with van der Waals surface area (Å²) in [5.41, 5.74) is 14.1. The van der Waals surface area contributed by atoms with Crippen molar-refractivity contribution >= 4 is 34.1 Å². The first kappa shape index (κ1) is 28.1. The molecule has 8 aromatic rings. The SMILES string of the molecule is c1ccc(-c2nc(-c3ccccc3)nc(-c3ccc(N4c5ccccc5N5c6ccncc6-c6ccccc6-c6cccc4c65)cc3)n2)cc1. The van der Waals surface area contributed by atoms with Gasteiger partial charge in [-0.25, -0.2) is 15.0 Å². The Morgan fingerprint density at radius 1 is 0.340 bits per heavy atom. The number of hydrogen-bond acceptors (Lipinski definition) is 6. The summed E-state index contributed by atoms with van der Waals surface area (Å²) >= 11 is 0. The number of para-hydroxylation sites is 3. The van der Waals surface area contributed by atoms with Gasteiger partial charge in [-0.3, -0.25) is 4.98 Å². The van der Waals surface area contributed by atoms with Crippen LogP contribution < -0.4 is 9.80 Å². The maximum Gasteiger partial charge on any atom is 0.164 e. The number of hydrogen-bond donors (Lipinski definition) is 0. The van der Waals surface area contributed by atoms with Crippen molar-refractivity contribution in [3.8, 4) is 56.4 Å². The molecule has 2 aliphatic rings. The topological polar surface area (TPSA) is 58.0 Å². The highest BCUT2D eigenvalue weighted by atomic mass is 15.3. The lowest BCUT2D eigenvalue weighted by atomic mass is 9.94. The smallest absolute Gasteiger partial charge is 0.164 e. The standard InChI is InChI=1S/C44H28N6/c1-3-12-29(13-4-1)42-46-43(30-14-5-2-6-15-30)48-44(47-42)31-22-24-32(25-23-31)49-38-19-9-10-20-39(38)50-37-26-27-45-28-36(37)34-17-8-7-16-33(34)35-18-11-21-40(49)41(35)50/h1-28H. The van der Waals surface area contributed by atoms with Crippen LogP contribution in [0.1, 0.15) is 0 Å². The van der Waals surface area contributed by atoms with Crippen LogP contribution in [0.4, 0.5) is 34.1 Å². The van der Waals surface area contributed by atoms with Crippen molar-refractivity contribution in [3.05, 3.63) is 170 Å². The van der Waals surface area contributed by atoms with Crippen LogP contribution in [-0.2, 0) is 0 Å². The van der Waals surface area contributed by atoms with Crippen LogP contribution in [0, 0.1) is 0 Å². The van der Waals surface area contributed by atoms with E-state index >= 15 is 0 Å². The molecule has 0 spiro atoms. The average Bonchev–Trinajstić information content (AvgIpc) is 3.32. The molecule has 6 aromatic carbocycles. The minimum absolute atomic E-state index is 0.630. The summed E-state index contributed by atoms with van der Waals surface area (Å²) in [7, 11) is 0. The molecule has 10 rings (SSSR count). The van der Waals surface area contributed by atoms with Gasteiger partial charge >= 0.3 is 0 Å². The third-order valence-corrected chi connectivity index (χ3v) is 9.47. The summed E-state index contributed by atoms with van der Waals surface area (Å²) in [6.45, 7) is 0. The van der Waals surface area contributed by atoms with E-state index in [0.717, 1.165) is 56.4 Å². The van der Waals surface area contributed by atoms with Crippen molar-refractivity contribution in [1.29, 1.82) is 0 Å². The summed E-state index contributed by atoms with van der Waals surface area (Å²) in [4.78, 5) is 24.1. The van der Waals surface area contributed by atoms with E-state index < -0.39 is 0 Å². The lowest BCUT2D eigenvalue weighted by Gasteiger charge is -2.41. The van der Waals surface area contributed by atoms with E-state index in [1.807, 2.05) is 73.1 Å². The van der Waals surface area contributed by atoms with Crippen molar-refractivity contribution in [1.82, 2.24) is 19.9 Å². The van der Waals surface area contributed by atoms with Gasteiger partial charge in [-0.15, -0.1) is 0 Å². The number of rotatable bonds is 4. The fraction of sp³-hybridized carbons (Fsp3) is 0. The zero-order valence-corrected chi connectivity index (χ0v) is 26.8. The van der Waals surface area contributed by atoms with E-state index in [9.17, 15) is 0 Å². The number of pyridine rings is 1. The van der Waals surface area contributed by atoms with Gasteiger partial charge in [-0.05, 0) is 59.7 Å². The van der Waals surface area contributed by atoms with Crippen molar-refractivity contribution < 1.29 is 0 Å². The molecule has 0 radical (unpaired) electrons. The molecule has 0 aliphatic carbocycles. The van der Waals surface area contributed by atoms with Gasteiger partial charge in [0.05, 0.1) is 28.4 Å². The van der Waals surface area contributed by atoms with Gasteiger partial charge in [0.25, 0.3) is 0 Å². The monoisotopic (exact) mass is 640 g/mol. The van der Waals surface area contributed by atoms with Crippen LogP contribution in [0.2, 0.25) is 0 Å². The molecule has 0 fully saturated rings. The van der Waals surface area contributed by atoms with Gasteiger partial charge in [-0.1, -0.05) is 109 Å². The molecule has 2 aliphatic heterocycles. The van der Waals surface area contributed by atoms with E-state index in [0.29, 0.717) is 17.5 Å². The van der Waals surface area contributed by atoms with Crippen molar-refractivity contribution in [3.63, 3.8) is 0 Å². The Labute approximate surface area is 289 Å². The van der Waals surface area contributed by atoms with Crippen LogP contribution in [0.5, 0.6) is 0 Å². The molecule has 50 heavy (non-hydrogen) atoms. The molecule has 0 bridgehead atoms. The Morgan fingerprint density at radius 3 is 1.48 bits per heavy atom. The van der Waals surface area contributed by atoms with E-state index in [1.54, 1.807) is 0 Å². The molecule has 0 saturated heterocycles. The maximum atomic E-state index is 4.96. The highest BCUT2D eigenvalue weighted by Gasteiger charge is 2.36. The highest BCUT2D eigenvalue weighted by Crippen LogP contribution is 2.60. The first-order valence-corrected chi connectivity index (χ1v) is 16.7. The van der Waals surface area contributed by atoms with Gasteiger partial charge < -0.3 is 9.80 Å². The molecular weight excluding hydrogens is 613 g/mol. The van der Waals surface area contributed by atoms with Gasteiger partial charge in [0.2, 0.25) is 0 Å². The molecule has 234 valence electrons. The van der Waals surface area contributed by atoms with Gasteiger partial charge in [0, 0.05) is 45.9 Å². The second-order valence-corrected chi connectivity index (χ2v) is 12.4. The molecule has 4 heterocycles. The van der Waals surface area contributed by atoms with Crippen LogP contribution in [0.3, 0.4) is 0 Å². The zero-order valence-electron chi connectivity index (χ0n) is 26.8. The quantitative estimate of drug-likeness (QED) is 0.191. The Bertz CT molecular complexity index is 2490. The predicted molar refractivity (Wildman–Crippen MR) is 201 cm³/mol. The number of benzene rings is 6. The van der Waals surface area contributed by atoms with Crippen LogP contribution in [0.15, 0.2) is 170 Å². The normalized spacial score (nSPS) is 12.3. The molecule has 0 atom stereocenters. The number of anilines is 6. The van der Waals surface area contributed by atoms with Crippen LogP contribution in [0.25, 0.3) is 56.4 Å². The predicted octanol–water partition coefficient (Wildman–Crippen LogP) is 11.2. The molecule has 2 aromatic heterocycles. The lowest BCUT2D eigenvalue weighted by Crippen LogP contribution is -2.24. The Morgan fingerprint density at radius 2 is 0.840 bits per heavy atom. The molecule has 0 unspecified atom stereocenters. The number of aromatic nitrogens is 4. The lowest BCUT2D eigenvalue weighted by molar-refractivity contribution is 1.07. The van der Waals surface area contributed by atoms with E-state index in [2.05, 4.69) is 112 Å². The summed E-state index contributed by atoms with van der Waals surface area (Å²) in [6, 6.07) is 54.7. The summed E-state index contributed by atoms with van der Waals surface area (Å²) < 4.78 is 0. The zero-order chi connectivity index (χ0) is 33.0. The Kier molecular flexibility index (Phi) is 6.39. The highest BCUT2D eigenvalue weighted by molar-refractivity contribution is 6.11. The van der Waals surface area contributed by atoms with E-state index in [-0.39, 0.29) is 0 Å². The van der Waals surface area contributed by atoms with Crippen molar-refractivity contribution in [2.75, 3.05) is 9.80 Å². The van der Waals surface area contributed by atoms with Gasteiger partial charge in [0.1, 0.15) is 0 Å². The average molecular weight is 641 g/mol. The summed E-state index contributed by atoms with van der Waals surface area (Å²) in [5.74, 6) is 1.92. The summed E-state index contributed by atoms with van der Waals surface area (Å²) in [5, 5.41) is 0. The summed E-state index contributed by atoms with van der Waals surface area (Å²) in [6.07, 6.45) is 3.87. The molecular formula is C44H28N6. The van der Waals surface area contributed by atoms with Crippen molar-refractivity contribution in [2.45, 2.75) is 0 Å². The molecule has 6 nitrogen and oxygen atoms in total. The van der Waals surface area contributed by atoms with E-state index in [1.165, 1.54) is 16.7 Å². The Hall–Kier alpha value is -6.92. The van der Waals surface area contributed by atoms with Crippen LogP contribution in [-0.4, -0.2) is 19.9 Å². The first-order valence-electron chi connectivity index (χ1n) is 16.7. The van der Waals surface area contributed by atoms with Gasteiger partial charge in [0.15, 0.2) is 17.5 Å². The fourth-order valence-electron chi connectivity index (χ4n) is 7.22. The second kappa shape index (κ2) is 11.4. The van der Waals surface area contributed by atoms with E-state index in [4.69, 9.17) is 15.0 Å². The fourth-order valence-corrected chi connectivity index (χ4v) is 7.22. The molecule has 0 saturated carbocycles. The van der Waals surface area contributed by atoms with Crippen molar-refractivity contribution in [2.24, 2.45) is 0 Å². The minimum Gasteiger partial charge on any atom is -0.306 e. The molecule has 6 heteroatoms. The maximum absolute atomic E-state index is 4.96. The molecule has 0 amide bonds. The number of nitrogens with zero attached hydrogens (tertiary/aromatic N) is 6. The number of fused-ring (bicyclic) bond motifs is 7. The van der Waals surface area contributed by atoms with Gasteiger partial charge in [-0.2, -0.15) is 0 Å². The third-order valence-electron chi connectivity index (χ3n) is 9.47. The first-order chi connectivity index (χ1) is 24.8. The largest absolute Gasteiger partial charge is 0.306 e. The van der Waals surface area contributed by atoms with Crippen LogP contribution >= 0.6 is 0 Å². The molecule has 0 N–H and O–H groups in total. The minimum atomic E-state index is 0.630. The Balaban J connectivity index is 1.14. The second-order valence-electron chi connectivity index (χ2n) is 12.4. The third kappa shape index (κ3) is 4.43.